The number of carbonyl (C=O) groups excluding carboxylic acids is 1. The molecule has 0 bridgehead atoms. The summed E-state index contributed by atoms with van der Waals surface area (Å²) in [6, 6.07) is 6.30. The van der Waals surface area contributed by atoms with Crippen molar-refractivity contribution in [3.8, 4) is 0 Å². The minimum Gasteiger partial charge on any atom is -0.370 e. The van der Waals surface area contributed by atoms with E-state index >= 15 is 0 Å². The summed E-state index contributed by atoms with van der Waals surface area (Å²) in [4.78, 5) is 15.9. The van der Waals surface area contributed by atoms with Crippen molar-refractivity contribution in [1.82, 2.24) is 10.3 Å². The molecular formula is C14H22N4O. The third-order valence-corrected chi connectivity index (χ3v) is 2.94. The lowest BCUT2D eigenvalue weighted by atomic mass is 10.3. The maximum atomic E-state index is 11.5. The molecule has 5 nitrogen and oxygen atoms in total. The van der Waals surface area contributed by atoms with Crippen LogP contribution in [0.2, 0.25) is 0 Å². The van der Waals surface area contributed by atoms with E-state index < -0.39 is 0 Å². The summed E-state index contributed by atoms with van der Waals surface area (Å²) >= 11 is 0. The van der Waals surface area contributed by atoms with Crippen LogP contribution in [-0.2, 0) is 4.79 Å². The Bertz CT molecular complexity index is 418. The Balaban J connectivity index is 1.64. The van der Waals surface area contributed by atoms with E-state index in [0.717, 1.165) is 44.0 Å². The molecule has 1 heterocycles. The SMILES string of the molecule is CCNc1cccc(NCCCC(=O)NC2CC2)n1. The van der Waals surface area contributed by atoms with E-state index in [-0.39, 0.29) is 5.91 Å². The third kappa shape index (κ3) is 5.16. The van der Waals surface area contributed by atoms with Crippen LogP contribution in [-0.4, -0.2) is 30.0 Å². The highest BCUT2D eigenvalue weighted by Crippen LogP contribution is 2.18. The van der Waals surface area contributed by atoms with Crippen molar-refractivity contribution in [2.45, 2.75) is 38.6 Å². The zero-order valence-electron chi connectivity index (χ0n) is 11.4. The number of nitrogens with one attached hydrogen (secondary N) is 3. The number of nitrogens with zero attached hydrogens (tertiary/aromatic N) is 1. The van der Waals surface area contributed by atoms with Crippen molar-refractivity contribution >= 4 is 17.5 Å². The van der Waals surface area contributed by atoms with Crippen LogP contribution in [0.5, 0.6) is 0 Å². The Morgan fingerprint density at radius 3 is 2.74 bits per heavy atom. The van der Waals surface area contributed by atoms with Crippen LogP contribution in [0.25, 0.3) is 0 Å². The Hall–Kier alpha value is -1.78. The number of amides is 1. The molecule has 5 heteroatoms. The maximum absolute atomic E-state index is 11.5. The van der Waals surface area contributed by atoms with Gasteiger partial charge >= 0.3 is 0 Å². The number of rotatable bonds is 8. The molecule has 1 amide bonds. The molecule has 0 aliphatic heterocycles. The van der Waals surface area contributed by atoms with Gasteiger partial charge in [0, 0.05) is 25.6 Å². The molecule has 0 saturated heterocycles. The second-order valence-electron chi connectivity index (χ2n) is 4.81. The van der Waals surface area contributed by atoms with Gasteiger partial charge in [0.2, 0.25) is 5.91 Å². The lowest BCUT2D eigenvalue weighted by molar-refractivity contribution is -0.121. The second kappa shape index (κ2) is 6.97. The molecule has 1 aromatic heterocycles. The Kier molecular flexibility index (Phi) is 5.01. The van der Waals surface area contributed by atoms with Gasteiger partial charge in [-0.3, -0.25) is 4.79 Å². The summed E-state index contributed by atoms with van der Waals surface area (Å²) in [5, 5.41) is 9.39. The summed E-state index contributed by atoms with van der Waals surface area (Å²) in [5.74, 6) is 1.89. The highest BCUT2D eigenvalue weighted by atomic mass is 16.1. The van der Waals surface area contributed by atoms with Gasteiger partial charge in [-0.1, -0.05) is 6.07 Å². The minimum atomic E-state index is 0.165. The molecular weight excluding hydrogens is 240 g/mol. The zero-order chi connectivity index (χ0) is 13.5. The van der Waals surface area contributed by atoms with E-state index in [1.54, 1.807) is 0 Å². The monoisotopic (exact) mass is 262 g/mol. The summed E-state index contributed by atoms with van der Waals surface area (Å²) in [5.41, 5.74) is 0. The van der Waals surface area contributed by atoms with Gasteiger partial charge in [-0.05, 0) is 38.3 Å². The van der Waals surface area contributed by atoms with Gasteiger partial charge in [0.1, 0.15) is 11.6 Å². The van der Waals surface area contributed by atoms with Gasteiger partial charge in [-0.25, -0.2) is 4.98 Å². The molecule has 104 valence electrons. The Morgan fingerprint density at radius 2 is 2.05 bits per heavy atom. The van der Waals surface area contributed by atoms with Crippen molar-refractivity contribution in [3.63, 3.8) is 0 Å². The van der Waals surface area contributed by atoms with Crippen molar-refractivity contribution in [2.24, 2.45) is 0 Å². The van der Waals surface area contributed by atoms with Gasteiger partial charge in [-0.2, -0.15) is 0 Å². The fourth-order valence-corrected chi connectivity index (χ4v) is 1.81. The summed E-state index contributed by atoms with van der Waals surface area (Å²) in [6.07, 6.45) is 3.69. The van der Waals surface area contributed by atoms with Crippen LogP contribution in [0.15, 0.2) is 18.2 Å². The van der Waals surface area contributed by atoms with Crippen LogP contribution < -0.4 is 16.0 Å². The van der Waals surface area contributed by atoms with Gasteiger partial charge < -0.3 is 16.0 Å². The second-order valence-corrected chi connectivity index (χ2v) is 4.81. The first-order valence-electron chi connectivity index (χ1n) is 7.02. The Labute approximate surface area is 114 Å². The molecule has 2 rings (SSSR count). The van der Waals surface area contributed by atoms with Crippen LogP contribution in [0, 0.1) is 0 Å². The Morgan fingerprint density at radius 1 is 1.32 bits per heavy atom. The predicted octanol–water partition coefficient (Wildman–Crippen LogP) is 1.98. The average Bonchev–Trinajstić information content (AvgIpc) is 3.19. The van der Waals surface area contributed by atoms with Crippen LogP contribution in [0.3, 0.4) is 0 Å². The average molecular weight is 262 g/mol. The van der Waals surface area contributed by atoms with E-state index in [0.29, 0.717) is 12.5 Å². The highest BCUT2D eigenvalue weighted by molar-refractivity contribution is 5.76. The summed E-state index contributed by atoms with van der Waals surface area (Å²) < 4.78 is 0. The molecule has 0 unspecified atom stereocenters. The van der Waals surface area contributed by atoms with Crippen molar-refractivity contribution < 1.29 is 4.79 Å². The first kappa shape index (κ1) is 13.6. The molecule has 1 aliphatic carbocycles. The van der Waals surface area contributed by atoms with E-state index in [1.165, 1.54) is 0 Å². The first-order valence-corrected chi connectivity index (χ1v) is 7.02. The third-order valence-electron chi connectivity index (χ3n) is 2.94. The van der Waals surface area contributed by atoms with Crippen molar-refractivity contribution in [1.29, 1.82) is 0 Å². The molecule has 0 atom stereocenters. The van der Waals surface area contributed by atoms with Crippen LogP contribution in [0.4, 0.5) is 11.6 Å². The molecule has 1 aliphatic rings. The number of carbonyl (C=O) groups is 1. The molecule has 1 aromatic rings. The molecule has 0 spiro atoms. The van der Waals surface area contributed by atoms with Gasteiger partial charge in [-0.15, -0.1) is 0 Å². The quantitative estimate of drug-likeness (QED) is 0.627. The normalized spacial score (nSPS) is 13.9. The summed E-state index contributed by atoms with van der Waals surface area (Å²) in [6.45, 7) is 3.67. The van der Waals surface area contributed by atoms with Gasteiger partial charge in [0.25, 0.3) is 0 Å². The lowest BCUT2D eigenvalue weighted by Crippen LogP contribution is -2.25. The number of anilines is 2. The first-order chi connectivity index (χ1) is 9.28. The lowest BCUT2D eigenvalue weighted by Gasteiger charge is -2.08. The van der Waals surface area contributed by atoms with E-state index in [4.69, 9.17) is 0 Å². The number of pyridine rings is 1. The maximum Gasteiger partial charge on any atom is 0.220 e. The van der Waals surface area contributed by atoms with Crippen molar-refractivity contribution in [3.05, 3.63) is 18.2 Å². The standard InChI is InChI=1S/C14H22N4O/c1-2-15-12-5-3-6-13(18-12)16-10-4-7-14(19)17-11-8-9-11/h3,5-6,11H,2,4,7-10H2,1H3,(H,17,19)(H2,15,16,18). The summed E-state index contributed by atoms with van der Waals surface area (Å²) in [7, 11) is 0. The van der Waals surface area contributed by atoms with E-state index in [1.807, 2.05) is 25.1 Å². The smallest absolute Gasteiger partial charge is 0.220 e. The highest BCUT2D eigenvalue weighted by Gasteiger charge is 2.22. The van der Waals surface area contributed by atoms with Crippen molar-refractivity contribution in [2.75, 3.05) is 23.7 Å². The van der Waals surface area contributed by atoms with Crippen LogP contribution in [0.1, 0.15) is 32.6 Å². The molecule has 19 heavy (non-hydrogen) atoms. The fraction of sp³-hybridized carbons (Fsp3) is 0.571. The molecule has 1 fully saturated rings. The van der Waals surface area contributed by atoms with Gasteiger partial charge in [0.15, 0.2) is 0 Å². The molecule has 1 saturated carbocycles. The predicted molar refractivity (Wildman–Crippen MR) is 77.3 cm³/mol. The van der Waals surface area contributed by atoms with Gasteiger partial charge in [0.05, 0.1) is 0 Å². The largest absolute Gasteiger partial charge is 0.370 e. The molecule has 0 radical (unpaired) electrons. The van der Waals surface area contributed by atoms with E-state index in [9.17, 15) is 4.79 Å². The minimum absolute atomic E-state index is 0.165. The number of hydrogen-bond donors (Lipinski definition) is 3. The van der Waals surface area contributed by atoms with Crippen LogP contribution >= 0.6 is 0 Å². The topological polar surface area (TPSA) is 66.0 Å². The molecule has 3 N–H and O–H groups in total. The zero-order valence-corrected chi connectivity index (χ0v) is 11.4. The van der Waals surface area contributed by atoms with E-state index in [2.05, 4.69) is 20.9 Å². The number of hydrogen-bond acceptors (Lipinski definition) is 4. The fourth-order valence-electron chi connectivity index (χ4n) is 1.81. The molecule has 0 aromatic carbocycles. The number of aromatic nitrogens is 1.